The van der Waals surface area contributed by atoms with Crippen molar-refractivity contribution in [2.45, 2.75) is 18.8 Å². The van der Waals surface area contributed by atoms with E-state index in [0.717, 1.165) is 12.8 Å². The van der Waals surface area contributed by atoms with E-state index in [1.165, 1.54) is 11.1 Å². The van der Waals surface area contributed by atoms with Crippen LogP contribution < -0.4 is 0 Å². The summed E-state index contributed by atoms with van der Waals surface area (Å²) >= 11 is 0. The Balaban J connectivity index is 2.28. The lowest BCUT2D eigenvalue weighted by molar-refractivity contribution is 0.188. The van der Waals surface area contributed by atoms with Crippen LogP contribution in [0, 0.1) is 11.8 Å². The first-order valence-electron chi connectivity index (χ1n) is 6.27. The molecule has 1 heteroatoms. The van der Waals surface area contributed by atoms with E-state index in [2.05, 4.69) is 54.3 Å². The lowest BCUT2D eigenvalue weighted by atomic mass is 9.89. The Bertz CT molecular complexity index is 485. The van der Waals surface area contributed by atoms with Gasteiger partial charge in [-0.2, -0.15) is 0 Å². The van der Waals surface area contributed by atoms with Gasteiger partial charge in [0.1, 0.15) is 0 Å². The Morgan fingerprint density at radius 3 is 2.83 bits per heavy atom. The van der Waals surface area contributed by atoms with Crippen molar-refractivity contribution >= 4 is 0 Å². The molecule has 1 aromatic rings. The highest BCUT2D eigenvalue weighted by Gasteiger charge is 2.15. The summed E-state index contributed by atoms with van der Waals surface area (Å²) in [5, 5.41) is 0. The van der Waals surface area contributed by atoms with Crippen molar-refractivity contribution in [3.8, 4) is 11.8 Å². The standard InChI is InChI=1S/C17H18O/c1-18-14-17(16-12-8-5-9-13-16)15-10-6-3-2-4-7-11-15/h3,5-6,8-10,12-13,17H,2,11,14H2,1H3/b6-3-,15-10+. The molecule has 0 saturated carbocycles. The number of hydrogen-bond acceptors (Lipinski definition) is 1. The SMILES string of the molecule is COCC(/C1=C/C=C\CC#CC1)c1ccccc1. The Hall–Kier alpha value is -1.78. The number of ether oxygens (including phenoxy) is 1. The van der Waals surface area contributed by atoms with Crippen LogP contribution >= 0.6 is 0 Å². The first kappa shape index (κ1) is 12.7. The summed E-state index contributed by atoms with van der Waals surface area (Å²) in [5.41, 5.74) is 2.62. The van der Waals surface area contributed by atoms with E-state index in [1.54, 1.807) is 7.11 Å². The fourth-order valence-electron chi connectivity index (χ4n) is 2.12. The molecule has 2 rings (SSSR count). The van der Waals surface area contributed by atoms with Crippen molar-refractivity contribution < 1.29 is 4.74 Å². The lowest BCUT2D eigenvalue weighted by Gasteiger charge is -2.19. The molecule has 0 amide bonds. The predicted octanol–water partition coefficient (Wildman–Crippen LogP) is 3.70. The smallest absolute Gasteiger partial charge is 0.0568 e. The van der Waals surface area contributed by atoms with E-state index in [4.69, 9.17) is 4.74 Å². The van der Waals surface area contributed by atoms with Gasteiger partial charge in [0.2, 0.25) is 0 Å². The van der Waals surface area contributed by atoms with Crippen molar-refractivity contribution in [1.82, 2.24) is 0 Å². The molecule has 1 aliphatic rings. The maximum absolute atomic E-state index is 5.37. The van der Waals surface area contributed by atoms with Gasteiger partial charge < -0.3 is 4.74 Å². The van der Waals surface area contributed by atoms with Crippen LogP contribution in [-0.2, 0) is 4.74 Å². The fourth-order valence-corrected chi connectivity index (χ4v) is 2.12. The minimum atomic E-state index is 0.299. The molecule has 0 N–H and O–H groups in total. The van der Waals surface area contributed by atoms with Gasteiger partial charge in [-0.05, 0) is 11.1 Å². The van der Waals surface area contributed by atoms with Gasteiger partial charge in [-0.1, -0.05) is 60.4 Å². The van der Waals surface area contributed by atoms with Crippen LogP contribution in [0.5, 0.6) is 0 Å². The Kier molecular flexibility index (Phi) is 4.81. The Labute approximate surface area is 109 Å². The Morgan fingerprint density at radius 1 is 1.22 bits per heavy atom. The molecule has 0 aromatic heterocycles. The largest absolute Gasteiger partial charge is 0.384 e. The first-order valence-corrected chi connectivity index (χ1v) is 6.27. The van der Waals surface area contributed by atoms with Crippen LogP contribution in [0.2, 0.25) is 0 Å². The van der Waals surface area contributed by atoms with Crippen molar-refractivity contribution in [3.05, 3.63) is 59.7 Å². The summed E-state index contributed by atoms with van der Waals surface area (Å²) in [6.07, 6.45) is 8.07. The van der Waals surface area contributed by atoms with Crippen LogP contribution in [0.4, 0.5) is 0 Å². The van der Waals surface area contributed by atoms with Crippen LogP contribution in [-0.4, -0.2) is 13.7 Å². The molecule has 92 valence electrons. The van der Waals surface area contributed by atoms with Crippen molar-refractivity contribution in [1.29, 1.82) is 0 Å². The molecule has 1 aliphatic carbocycles. The van der Waals surface area contributed by atoms with Crippen molar-refractivity contribution in [3.63, 3.8) is 0 Å². The second kappa shape index (κ2) is 6.83. The van der Waals surface area contributed by atoms with E-state index < -0.39 is 0 Å². The fraction of sp³-hybridized carbons (Fsp3) is 0.294. The van der Waals surface area contributed by atoms with Crippen LogP contribution in [0.3, 0.4) is 0 Å². The molecule has 0 saturated heterocycles. The molecule has 1 aromatic carbocycles. The van der Waals surface area contributed by atoms with Gasteiger partial charge in [0.15, 0.2) is 0 Å². The third kappa shape index (κ3) is 3.35. The van der Waals surface area contributed by atoms with Gasteiger partial charge in [0, 0.05) is 25.9 Å². The van der Waals surface area contributed by atoms with Gasteiger partial charge in [-0.15, -0.1) is 0 Å². The number of allylic oxidation sites excluding steroid dienone is 3. The van der Waals surface area contributed by atoms with Crippen molar-refractivity contribution in [2.24, 2.45) is 0 Å². The number of rotatable bonds is 4. The van der Waals surface area contributed by atoms with Crippen molar-refractivity contribution in [2.75, 3.05) is 13.7 Å². The highest BCUT2D eigenvalue weighted by Crippen LogP contribution is 2.27. The third-order valence-electron chi connectivity index (χ3n) is 3.07. The Morgan fingerprint density at radius 2 is 2.06 bits per heavy atom. The van der Waals surface area contributed by atoms with Gasteiger partial charge >= 0.3 is 0 Å². The van der Waals surface area contributed by atoms with Crippen LogP contribution in [0.25, 0.3) is 0 Å². The minimum Gasteiger partial charge on any atom is -0.384 e. The summed E-state index contributed by atoms with van der Waals surface area (Å²) in [6, 6.07) is 10.5. The molecular weight excluding hydrogens is 220 g/mol. The van der Waals surface area contributed by atoms with E-state index in [1.807, 2.05) is 6.07 Å². The van der Waals surface area contributed by atoms with Gasteiger partial charge in [-0.3, -0.25) is 0 Å². The number of methoxy groups -OCH3 is 1. The van der Waals surface area contributed by atoms with Gasteiger partial charge in [0.05, 0.1) is 6.61 Å². The van der Waals surface area contributed by atoms with Crippen LogP contribution in [0.1, 0.15) is 24.3 Å². The van der Waals surface area contributed by atoms with E-state index in [0.29, 0.717) is 12.5 Å². The zero-order valence-electron chi connectivity index (χ0n) is 10.7. The molecule has 1 unspecified atom stereocenters. The zero-order valence-corrected chi connectivity index (χ0v) is 10.7. The molecule has 1 nitrogen and oxygen atoms in total. The molecule has 0 aliphatic heterocycles. The maximum Gasteiger partial charge on any atom is 0.0568 e. The molecule has 18 heavy (non-hydrogen) atoms. The van der Waals surface area contributed by atoms with E-state index in [-0.39, 0.29) is 0 Å². The maximum atomic E-state index is 5.37. The zero-order chi connectivity index (χ0) is 12.6. The highest BCUT2D eigenvalue weighted by molar-refractivity contribution is 5.34. The van der Waals surface area contributed by atoms with Gasteiger partial charge in [0.25, 0.3) is 0 Å². The predicted molar refractivity (Wildman–Crippen MR) is 75.3 cm³/mol. The summed E-state index contributed by atoms with van der Waals surface area (Å²) in [6.45, 7) is 0.700. The summed E-state index contributed by atoms with van der Waals surface area (Å²) in [7, 11) is 1.75. The molecule has 0 bridgehead atoms. The topological polar surface area (TPSA) is 9.23 Å². The second-order valence-electron chi connectivity index (χ2n) is 4.32. The molecular formula is C17H18O. The summed E-state index contributed by atoms with van der Waals surface area (Å²) in [5.74, 6) is 6.67. The summed E-state index contributed by atoms with van der Waals surface area (Å²) < 4.78 is 5.37. The van der Waals surface area contributed by atoms with Gasteiger partial charge in [-0.25, -0.2) is 0 Å². The van der Waals surface area contributed by atoms with Crippen LogP contribution in [0.15, 0.2) is 54.1 Å². The number of benzene rings is 1. The lowest BCUT2D eigenvalue weighted by Crippen LogP contribution is -2.09. The minimum absolute atomic E-state index is 0.299. The normalized spacial score (nSPS) is 20.6. The third-order valence-corrected chi connectivity index (χ3v) is 3.07. The first-order chi connectivity index (χ1) is 8.92. The molecule has 0 spiro atoms. The second-order valence-corrected chi connectivity index (χ2v) is 4.32. The quantitative estimate of drug-likeness (QED) is 0.727. The highest BCUT2D eigenvalue weighted by atomic mass is 16.5. The number of hydrogen-bond donors (Lipinski definition) is 0. The molecule has 0 radical (unpaired) electrons. The molecule has 0 heterocycles. The summed E-state index contributed by atoms with van der Waals surface area (Å²) in [4.78, 5) is 0. The average Bonchev–Trinajstić information content (AvgIpc) is 2.38. The van der Waals surface area contributed by atoms with E-state index >= 15 is 0 Å². The average molecular weight is 238 g/mol. The molecule has 1 atom stereocenters. The molecule has 0 fully saturated rings. The monoisotopic (exact) mass is 238 g/mol. The van der Waals surface area contributed by atoms with E-state index in [9.17, 15) is 0 Å².